The summed E-state index contributed by atoms with van der Waals surface area (Å²) in [5.74, 6) is 1.03. The number of hydrogen-bond acceptors (Lipinski definition) is 5. The minimum absolute atomic E-state index is 0. The topological polar surface area (TPSA) is 64.5 Å². The predicted octanol–water partition coefficient (Wildman–Crippen LogP) is 26.9. The Labute approximate surface area is 748 Å². The Balaban J connectivity index is 0.000000190. The summed E-state index contributed by atoms with van der Waals surface area (Å²) in [5.41, 5.74) is 29.3. The first-order valence-electron chi connectivity index (χ1n) is 37.0. The largest absolute Gasteiger partial charge is 3.00 e. The first-order valence-corrected chi connectivity index (χ1v) is 37.0. The van der Waals surface area contributed by atoms with Gasteiger partial charge in [-0.1, -0.05) is 239 Å². The first kappa shape index (κ1) is 91.8. The zero-order valence-corrected chi connectivity index (χ0v) is 76.5. The van der Waals surface area contributed by atoms with Crippen LogP contribution in [0.3, 0.4) is 0 Å². The van der Waals surface area contributed by atoms with Gasteiger partial charge in [-0.15, -0.1) is 201 Å². The number of rotatable bonds is 13. The van der Waals surface area contributed by atoms with Crippen molar-refractivity contribution in [3.05, 3.63) is 454 Å². The zero-order chi connectivity index (χ0) is 75.9. The van der Waals surface area contributed by atoms with E-state index in [0.29, 0.717) is 11.8 Å². The molecule has 12 aromatic carbocycles. The Morgan fingerprint density at radius 1 is 0.209 bits per heavy atom. The van der Waals surface area contributed by atoms with Crippen molar-refractivity contribution in [2.75, 3.05) is 0 Å². The number of aromatic nitrogens is 5. The summed E-state index contributed by atoms with van der Waals surface area (Å²) in [6.07, 6.45) is 9.20. The normalized spacial score (nSPS) is 9.98. The molecule has 17 aromatic rings. The van der Waals surface area contributed by atoms with Crippen molar-refractivity contribution in [3.8, 4) is 123 Å². The van der Waals surface area contributed by atoms with Crippen molar-refractivity contribution >= 4 is 0 Å². The van der Waals surface area contributed by atoms with Crippen molar-refractivity contribution in [2.24, 2.45) is 0 Å². The molecule has 5 nitrogen and oxygen atoms in total. The summed E-state index contributed by atoms with van der Waals surface area (Å²) in [4.78, 5) is 21.9. The van der Waals surface area contributed by atoms with Gasteiger partial charge < -0.3 is 24.9 Å². The molecule has 115 heavy (non-hydrogen) atoms. The third-order valence-electron chi connectivity index (χ3n) is 18.0. The SMILES string of the molecule is CC(C)c1cc[c-]c(-c2[c-]ccc(-c3ccccc3)c2)c1.CC(C)c1ccnc(-c2[c-]ccc(-c3ccccc3)c2)c1.Cc1ccc(-c2[c-]ccc(-c3ccccc3)c2)nc1.Cc1ccnc(-c2[c-]ccc(-c3ccccc3)c2)c1.[Ir+3].[Ir].[Ir].[Ir].[Ir].[c-]1ccc(-c2ccccc2)cc1-c1ccccn1.[c-]1ccccc1-c1ccccn1. The Morgan fingerprint density at radius 2 is 0.522 bits per heavy atom. The first-order chi connectivity index (χ1) is 54.0. The molecule has 0 aliphatic heterocycles. The minimum Gasteiger partial charge on any atom is -0.305 e. The van der Waals surface area contributed by atoms with Gasteiger partial charge in [-0.2, -0.15) is 36.4 Å². The quantitative estimate of drug-likeness (QED) is 0.108. The standard InChI is InChI=1S/C21H18.C20H18N.2C18H14N.C17H12N.C11H8N.5Ir/c1-16(2)18-10-6-12-20(14-18)21-13-7-11-19(15-21)17-8-4-3-5-9-17;1-15(2)17-11-12-21-20(14-17)19-10-6-9-18(13-19)16-7-4-3-5-8-16;1-14-10-11-18(19-13-14)17-9-5-8-16(12-17)15-6-3-2-4-7-15;1-14-10-11-19-18(12-14)17-9-5-8-16(13-17)15-6-3-2-4-7-15;1-2-7-14(8-3-1)15-9-6-10-16(13-15)17-11-4-5-12-18-17;1-2-6-10(7-3-1)11-8-4-5-9-12-11;;;;;/h3-11,14-16H,1-2H3;3-9,11-15H,1-2H3;2*2-8,10-13H,1H3;1-9,11-13H;1-6,8-9H;;;;;/q-2;5*-1;;;;;+3. The van der Waals surface area contributed by atoms with E-state index >= 15 is 0 Å². The Hall–Kier alpha value is -10.4. The maximum absolute atomic E-state index is 4.50. The van der Waals surface area contributed by atoms with Crippen molar-refractivity contribution in [3.63, 3.8) is 0 Å². The number of hydrogen-bond donors (Lipinski definition) is 0. The van der Waals surface area contributed by atoms with Crippen LogP contribution in [0.25, 0.3) is 123 Å². The van der Waals surface area contributed by atoms with Crippen LogP contribution in [-0.4, -0.2) is 24.9 Å². The molecule has 17 rings (SSSR count). The number of nitrogens with zero attached hydrogens (tertiary/aromatic N) is 5. The van der Waals surface area contributed by atoms with Crippen LogP contribution in [0.15, 0.2) is 389 Å². The summed E-state index contributed by atoms with van der Waals surface area (Å²) in [7, 11) is 0. The summed E-state index contributed by atoms with van der Waals surface area (Å²) >= 11 is 0. The fourth-order valence-electron chi connectivity index (χ4n) is 12.0. The second-order valence-corrected chi connectivity index (χ2v) is 26.8. The van der Waals surface area contributed by atoms with E-state index in [4.69, 9.17) is 0 Å². The molecule has 0 saturated heterocycles. The van der Waals surface area contributed by atoms with Gasteiger partial charge in [0, 0.05) is 111 Å². The summed E-state index contributed by atoms with van der Waals surface area (Å²) < 4.78 is 0. The average molecular weight is 2380 g/mol. The van der Waals surface area contributed by atoms with Gasteiger partial charge in [0.25, 0.3) is 0 Å². The fourth-order valence-corrected chi connectivity index (χ4v) is 12.0. The molecule has 0 fully saturated rings. The smallest absolute Gasteiger partial charge is 0.305 e. The Bertz CT molecular complexity index is 5390. The fraction of sp³-hybridized carbons (Fsp3) is 0.0762. The third kappa shape index (κ3) is 28.0. The van der Waals surface area contributed by atoms with Crippen molar-refractivity contribution < 1.29 is 101 Å². The molecule has 0 aliphatic rings. The second kappa shape index (κ2) is 48.8. The Kier molecular flexibility index (Phi) is 38.9. The van der Waals surface area contributed by atoms with E-state index in [9.17, 15) is 0 Å². The van der Waals surface area contributed by atoms with Crippen LogP contribution in [0.4, 0.5) is 0 Å². The van der Waals surface area contributed by atoms with E-state index < -0.39 is 0 Å². The molecule has 578 valence electrons. The molecule has 5 aromatic heterocycles. The van der Waals surface area contributed by atoms with Crippen molar-refractivity contribution in [2.45, 2.75) is 53.4 Å². The average Bonchev–Trinajstić information content (AvgIpc) is 0.851. The monoisotopic (exact) mass is 2380 g/mol. The van der Waals surface area contributed by atoms with Crippen LogP contribution in [-0.2, 0) is 101 Å². The molecule has 10 heteroatoms. The number of benzene rings is 12. The summed E-state index contributed by atoms with van der Waals surface area (Å²) in [5, 5.41) is 0. The van der Waals surface area contributed by atoms with Crippen LogP contribution in [0, 0.1) is 56.3 Å². The number of pyridine rings is 5. The van der Waals surface area contributed by atoms with E-state index in [0.717, 1.165) is 67.4 Å². The Morgan fingerprint density at radius 3 is 0.887 bits per heavy atom. The number of aryl methyl sites for hydroxylation is 2. The van der Waals surface area contributed by atoms with Gasteiger partial charge in [0.15, 0.2) is 0 Å². The van der Waals surface area contributed by atoms with E-state index in [-0.39, 0.29) is 101 Å². The molecule has 0 N–H and O–H groups in total. The van der Waals surface area contributed by atoms with Gasteiger partial charge in [0.1, 0.15) is 0 Å². The van der Waals surface area contributed by atoms with E-state index in [2.05, 4.69) is 308 Å². The molecular formula is C105H84Ir5N5-4. The van der Waals surface area contributed by atoms with Gasteiger partial charge in [-0.3, -0.25) is 0 Å². The second-order valence-electron chi connectivity index (χ2n) is 26.8. The van der Waals surface area contributed by atoms with Gasteiger partial charge in [0.2, 0.25) is 0 Å². The summed E-state index contributed by atoms with van der Waals surface area (Å²) in [6, 6.07) is 144. The van der Waals surface area contributed by atoms with Gasteiger partial charge in [0.05, 0.1) is 0 Å². The minimum atomic E-state index is 0. The molecule has 0 amide bonds. The van der Waals surface area contributed by atoms with Gasteiger partial charge in [-0.25, -0.2) is 11.1 Å². The summed E-state index contributed by atoms with van der Waals surface area (Å²) in [6.45, 7) is 12.9. The van der Waals surface area contributed by atoms with E-state index in [1.807, 2.05) is 177 Å². The predicted molar refractivity (Wildman–Crippen MR) is 457 cm³/mol. The molecule has 0 bridgehead atoms. The molecule has 0 atom stereocenters. The molecule has 5 heterocycles. The van der Waals surface area contributed by atoms with Crippen LogP contribution < -0.4 is 0 Å². The van der Waals surface area contributed by atoms with E-state index in [1.54, 1.807) is 12.4 Å². The molecule has 0 aliphatic carbocycles. The molecule has 0 spiro atoms. The zero-order valence-electron chi connectivity index (χ0n) is 64.5. The molecule has 0 unspecified atom stereocenters. The van der Waals surface area contributed by atoms with Gasteiger partial charge in [-0.05, 0) is 112 Å². The molecule has 0 saturated carbocycles. The maximum Gasteiger partial charge on any atom is 3.00 e. The van der Waals surface area contributed by atoms with Crippen LogP contribution in [0.5, 0.6) is 0 Å². The van der Waals surface area contributed by atoms with Crippen LogP contribution >= 0.6 is 0 Å². The van der Waals surface area contributed by atoms with Crippen molar-refractivity contribution in [1.82, 2.24) is 24.9 Å². The van der Waals surface area contributed by atoms with E-state index in [1.165, 1.54) is 77.9 Å². The third-order valence-corrected chi connectivity index (χ3v) is 18.0. The van der Waals surface area contributed by atoms with Crippen LogP contribution in [0.1, 0.15) is 61.8 Å². The molecule has 4 radical (unpaired) electrons. The van der Waals surface area contributed by atoms with Crippen molar-refractivity contribution in [1.29, 1.82) is 0 Å². The van der Waals surface area contributed by atoms with Crippen LogP contribution in [0.2, 0.25) is 0 Å². The van der Waals surface area contributed by atoms with Gasteiger partial charge >= 0.3 is 20.1 Å². The maximum atomic E-state index is 4.50. The molecular weight excluding hydrogens is 2290 g/mol.